The summed E-state index contributed by atoms with van der Waals surface area (Å²) >= 11 is 0. The molecule has 0 radical (unpaired) electrons. The number of anilines is 1. The molecule has 1 aliphatic heterocycles. The van der Waals surface area contributed by atoms with Crippen LogP contribution in [-0.4, -0.2) is 55.7 Å². The van der Waals surface area contributed by atoms with E-state index >= 15 is 0 Å². The van der Waals surface area contributed by atoms with Gasteiger partial charge in [-0.05, 0) is 6.92 Å². The summed E-state index contributed by atoms with van der Waals surface area (Å²) in [5, 5.41) is 10.3. The number of hydrogen-bond acceptors (Lipinski definition) is 9. The minimum absolute atomic E-state index is 0.111. The highest BCUT2D eigenvalue weighted by Crippen LogP contribution is 2.26. The Labute approximate surface area is 142 Å². The van der Waals surface area contributed by atoms with Crippen LogP contribution in [0, 0.1) is 6.92 Å². The second kappa shape index (κ2) is 6.40. The average molecular weight is 341 g/mol. The molecule has 4 rings (SSSR count). The first-order valence-corrected chi connectivity index (χ1v) is 7.73. The van der Waals surface area contributed by atoms with Crippen molar-refractivity contribution in [1.29, 1.82) is 0 Å². The molecule has 0 aromatic carbocycles. The predicted molar refractivity (Wildman–Crippen MR) is 84.4 cm³/mol. The van der Waals surface area contributed by atoms with Crippen molar-refractivity contribution in [1.82, 2.24) is 30.2 Å². The highest BCUT2D eigenvalue weighted by Gasteiger charge is 2.33. The van der Waals surface area contributed by atoms with Gasteiger partial charge in [-0.15, -0.1) is 0 Å². The third-order valence-corrected chi connectivity index (χ3v) is 3.80. The summed E-state index contributed by atoms with van der Waals surface area (Å²) in [6.07, 6.45) is 4.74. The van der Waals surface area contributed by atoms with Gasteiger partial charge in [0.2, 0.25) is 17.6 Å². The second-order valence-electron chi connectivity index (χ2n) is 5.81. The molecular weight excluding hydrogens is 326 g/mol. The number of aromatic nitrogens is 5. The normalized spacial score (nSPS) is 15.1. The summed E-state index contributed by atoms with van der Waals surface area (Å²) in [4.78, 5) is 26.4. The molecule has 0 unspecified atom stereocenters. The van der Waals surface area contributed by atoms with Gasteiger partial charge in [-0.3, -0.25) is 14.7 Å². The van der Waals surface area contributed by atoms with Gasteiger partial charge in [0, 0.05) is 31.5 Å². The Kier molecular flexibility index (Phi) is 3.94. The fourth-order valence-electron chi connectivity index (χ4n) is 2.59. The van der Waals surface area contributed by atoms with Crippen molar-refractivity contribution in [2.24, 2.45) is 0 Å². The molecule has 1 fully saturated rings. The van der Waals surface area contributed by atoms with Crippen molar-refractivity contribution in [3.63, 3.8) is 0 Å². The van der Waals surface area contributed by atoms with Crippen LogP contribution in [0.4, 0.5) is 5.82 Å². The molecule has 0 aliphatic carbocycles. The first-order valence-electron chi connectivity index (χ1n) is 7.73. The number of carbonyl (C=O) groups is 1. The van der Waals surface area contributed by atoms with E-state index in [0.29, 0.717) is 42.1 Å². The van der Waals surface area contributed by atoms with Gasteiger partial charge in [0.05, 0.1) is 18.7 Å². The predicted octanol–water partition coefficient (Wildman–Crippen LogP) is 0.861. The Bertz CT molecular complexity index is 870. The lowest BCUT2D eigenvalue weighted by molar-refractivity contribution is -0.118. The summed E-state index contributed by atoms with van der Waals surface area (Å²) in [6, 6.07) is 1.67. The standard InChI is InChI=1S/C15H15N7O3/c1-9-4-12(20-24-9)18-13(23)8-22-6-10(7-22)15-19-14(21-25-15)11-5-16-2-3-17-11/h2-5,10H,6-8H2,1H3,(H,18,20,23). The lowest BCUT2D eigenvalue weighted by Crippen LogP contribution is -2.48. The molecular formula is C15H15N7O3. The van der Waals surface area contributed by atoms with Crippen LogP contribution >= 0.6 is 0 Å². The molecule has 1 N–H and O–H groups in total. The fraction of sp³-hybridized carbons (Fsp3) is 0.333. The number of amides is 1. The van der Waals surface area contributed by atoms with E-state index in [1.165, 1.54) is 0 Å². The molecule has 25 heavy (non-hydrogen) atoms. The number of rotatable bonds is 5. The molecule has 0 saturated carbocycles. The van der Waals surface area contributed by atoms with Crippen LogP contribution in [0.3, 0.4) is 0 Å². The van der Waals surface area contributed by atoms with Gasteiger partial charge >= 0.3 is 0 Å². The van der Waals surface area contributed by atoms with E-state index in [1.54, 1.807) is 31.6 Å². The minimum Gasteiger partial charge on any atom is -0.360 e. The SMILES string of the molecule is Cc1cc(NC(=O)CN2CC(c3nc(-c4cnccn4)no3)C2)no1. The molecule has 128 valence electrons. The van der Waals surface area contributed by atoms with Crippen molar-refractivity contribution in [3.8, 4) is 11.5 Å². The van der Waals surface area contributed by atoms with Crippen LogP contribution in [-0.2, 0) is 4.79 Å². The first kappa shape index (κ1) is 15.4. The maximum Gasteiger partial charge on any atom is 0.239 e. The van der Waals surface area contributed by atoms with E-state index in [-0.39, 0.29) is 18.4 Å². The number of nitrogens with one attached hydrogen (secondary N) is 1. The highest BCUT2D eigenvalue weighted by molar-refractivity contribution is 5.91. The zero-order chi connectivity index (χ0) is 17.2. The van der Waals surface area contributed by atoms with Crippen LogP contribution in [0.2, 0.25) is 0 Å². The Hall–Kier alpha value is -3.14. The van der Waals surface area contributed by atoms with Gasteiger partial charge in [0.15, 0.2) is 5.82 Å². The topological polar surface area (TPSA) is 123 Å². The summed E-state index contributed by atoms with van der Waals surface area (Å²) in [6.45, 7) is 3.39. The lowest BCUT2D eigenvalue weighted by atomic mass is 10.0. The summed E-state index contributed by atoms with van der Waals surface area (Å²) < 4.78 is 10.2. The van der Waals surface area contributed by atoms with Gasteiger partial charge in [-0.2, -0.15) is 4.98 Å². The molecule has 10 nitrogen and oxygen atoms in total. The third-order valence-electron chi connectivity index (χ3n) is 3.80. The summed E-state index contributed by atoms with van der Waals surface area (Å²) in [5.41, 5.74) is 0.566. The van der Waals surface area contributed by atoms with Gasteiger partial charge in [0.25, 0.3) is 0 Å². The molecule has 3 aromatic heterocycles. The molecule has 10 heteroatoms. The second-order valence-corrected chi connectivity index (χ2v) is 5.81. The highest BCUT2D eigenvalue weighted by atomic mass is 16.5. The van der Waals surface area contributed by atoms with Gasteiger partial charge in [-0.1, -0.05) is 10.3 Å². The van der Waals surface area contributed by atoms with Gasteiger partial charge < -0.3 is 14.4 Å². The lowest BCUT2D eigenvalue weighted by Gasteiger charge is -2.36. The zero-order valence-electron chi connectivity index (χ0n) is 13.4. The fourth-order valence-corrected chi connectivity index (χ4v) is 2.59. The van der Waals surface area contributed by atoms with Crippen LogP contribution in [0.5, 0.6) is 0 Å². The van der Waals surface area contributed by atoms with E-state index in [1.807, 2.05) is 4.90 Å². The first-order chi connectivity index (χ1) is 12.2. The molecule has 3 aromatic rings. The summed E-state index contributed by atoms with van der Waals surface area (Å²) in [7, 11) is 0. The van der Waals surface area contributed by atoms with E-state index in [4.69, 9.17) is 9.05 Å². The molecule has 1 amide bonds. The van der Waals surface area contributed by atoms with Gasteiger partial charge in [0.1, 0.15) is 11.5 Å². The largest absolute Gasteiger partial charge is 0.360 e. The summed E-state index contributed by atoms with van der Waals surface area (Å²) in [5.74, 6) is 2.00. The van der Waals surface area contributed by atoms with E-state index < -0.39 is 0 Å². The maximum atomic E-state index is 12.0. The van der Waals surface area contributed by atoms with Crippen molar-refractivity contribution in [2.45, 2.75) is 12.8 Å². The zero-order valence-corrected chi connectivity index (χ0v) is 13.4. The van der Waals surface area contributed by atoms with Crippen LogP contribution < -0.4 is 5.32 Å². The maximum absolute atomic E-state index is 12.0. The number of aryl methyl sites for hydroxylation is 1. The molecule has 0 bridgehead atoms. The Balaban J connectivity index is 1.29. The van der Waals surface area contributed by atoms with Crippen molar-refractivity contribution in [2.75, 3.05) is 25.0 Å². The number of likely N-dealkylation sites (tertiary alicyclic amines) is 1. The van der Waals surface area contributed by atoms with Crippen LogP contribution in [0.15, 0.2) is 33.7 Å². The van der Waals surface area contributed by atoms with E-state index in [9.17, 15) is 4.79 Å². The smallest absolute Gasteiger partial charge is 0.239 e. The third kappa shape index (κ3) is 3.38. The van der Waals surface area contributed by atoms with E-state index in [0.717, 1.165) is 0 Å². The van der Waals surface area contributed by atoms with Crippen LogP contribution in [0.25, 0.3) is 11.5 Å². The minimum atomic E-state index is -0.141. The Morgan fingerprint density at radius 3 is 2.92 bits per heavy atom. The van der Waals surface area contributed by atoms with Crippen molar-refractivity contribution >= 4 is 11.7 Å². The molecule has 4 heterocycles. The Morgan fingerprint density at radius 2 is 2.20 bits per heavy atom. The quantitative estimate of drug-likeness (QED) is 0.719. The molecule has 1 aliphatic rings. The number of nitrogens with zero attached hydrogens (tertiary/aromatic N) is 6. The van der Waals surface area contributed by atoms with Gasteiger partial charge in [-0.25, -0.2) is 4.98 Å². The monoisotopic (exact) mass is 341 g/mol. The van der Waals surface area contributed by atoms with Crippen molar-refractivity contribution < 1.29 is 13.8 Å². The van der Waals surface area contributed by atoms with E-state index in [2.05, 4.69) is 30.6 Å². The molecule has 0 spiro atoms. The Morgan fingerprint density at radius 1 is 1.32 bits per heavy atom. The van der Waals surface area contributed by atoms with Crippen LogP contribution in [0.1, 0.15) is 17.6 Å². The molecule has 1 saturated heterocycles. The number of hydrogen-bond donors (Lipinski definition) is 1. The van der Waals surface area contributed by atoms with Crippen molar-refractivity contribution in [3.05, 3.63) is 36.3 Å². The molecule has 0 atom stereocenters. The number of carbonyl (C=O) groups excluding carboxylic acids is 1. The average Bonchev–Trinajstić information content (AvgIpc) is 3.21.